The van der Waals surface area contributed by atoms with Gasteiger partial charge in [-0.15, -0.1) is 11.3 Å². The highest BCUT2D eigenvalue weighted by Crippen LogP contribution is 2.12. The second-order valence-corrected chi connectivity index (χ2v) is 3.97. The Hall–Kier alpha value is -0.410. The molecule has 1 aromatic rings. The molecule has 1 aromatic heterocycles. The zero-order valence-corrected chi connectivity index (χ0v) is 8.65. The maximum atomic E-state index is 5.45. The quantitative estimate of drug-likeness (QED) is 0.718. The number of hydrogen-bond donors (Lipinski definition) is 0. The molecule has 68 valence electrons. The van der Waals surface area contributed by atoms with Crippen LogP contribution in [-0.4, -0.2) is 17.7 Å². The van der Waals surface area contributed by atoms with Crippen molar-refractivity contribution >= 4 is 11.3 Å². The summed E-state index contributed by atoms with van der Waals surface area (Å²) in [6.45, 7) is 6.96. The van der Waals surface area contributed by atoms with Gasteiger partial charge >= 0.3 is 0 Å². The number of ether oxygens (including phenoxy) is 1. The lowest BCUT2D eigenvalue weighted by Gasteiger charge is -2.05. The SMILES string of the molecule is Cc1ncsc1CCOC(C)C. The summed E-state index contributed by atoms with van der Waals surface area (Å²) in [5, 5.41) is 0. The Labute approximate surface area is 77.6 Å². The van der Waals surface area contributed by atoms with Crippen LogP contribution in [0.25, 0.3) is 0 Å². The zero-order valence-electron chi connectivity index (χ0n) is 7.83. The molecule has 0 saturated carbocycles. The van der Waals surface area contributed by atoms with Crippen molar-refractivity contribution in [2.75, 3.05) is 6.61 Å². The van der Waals surface area contributed by atoms with Gasteiger partial charge in [-0.25, -0.2) is 4.98 Å². The molecule has 0 atom stereocenters. The molecule has 0 radical (unpaired) electrons. The molecule has 0 aliphatic rings. The molecule has 0 aliphatic carbocycles. The molecule has 1 heterocycles. The van der Waals surface area contributed by atoms with Crippen molar-refractivity contribution in [1.82, 2.24) is 4.98 Å². The van der Waals surface area contributed by atoms with Crippen LogP contribution >= 0.6 is 11.3 Å². The van der Waals surface area contributed by atoms with Crippen molar-refractivity contribution in [3.05, 3.63) is 16.1 Å². The van der Waals surface area contributed by atoms with Crippen LogP contribution in [0.3, 0.4) is 0 Å². The number of thiazole rings is 1. The maximum Gasteiger partial charge on any atom is 0.0797 e. The monoisotopic (exact) mass is 185 g/mol. The number of rotatable bonds is 4. The molecule has 3 heteroatoms. The van der Waals surface area contributed by atoms with Crippen molar-refractivity contribution in [3.8, 4) is 0 Å². The van der Waals surface area contributed by atoms with E-state index in [0.717, 1.165) is 18.7 Å². The largest absolute Gasteiger partial charge is 0.378 e. The molecular weight excluding hydrogens is 170 g/mol. The predicted octanol–water partition coefficient (Wildman–Crippen LogP) is 2.42. The molecule has 0 amide bonds. The summed E-state index contributed by atoms with van der Waals surface area (Å²) in [4.78, 5) is 5.52. The highest BCUT2D eigenvalue weighted by Gasteiger charge is 2.01. The van der Waals surface area contributed by atoms with E-state index in [-0.39, 0.29) is 0 Å². The average molecular weight is 185 g/mol. The van der Waals surface area contributed by atoms with Gasteiger partial charge in [0.25, 0.3) is 0 Å². The number of nitrogens with zero attached hydrogens (tertiary/aromatic N) is 1. The van der Waals surface area contributed by atoms with Gasteiger partial charge in [0.2, 0.25) is 0 Å². The minimum Gasteiger partial charge on any atom is -0.378 e. The maximum absolute atomic E-state index is 5.45. The molecule has 0 aromatic carbocycles. The Morgan fingerprint density at radius 3 is 2.83 bits per heavy atom. The van der Waals surface area contributed by atoms with E-state index in [9.17, 15) is 0 Å². The second kappa shape index (κ2) is 4.58. The van der Waals surface area contributed by atoms with Crippen LogP contribution in [0.4, 0.5) is 0 Å². The van der Waals surface area contributed by atoms with E-state index in [0.29, 0.717) is 6.10 Å². The van der Waals surface area contributed by atoms with Crippen molar-refractivity contribution < 1.29 is 4.74 Å². The van der Waals surface area contributed by atoms with Crippen LogP contribution in [0, 0.1) is 6.92 Å². The highest BCUT2D eigenvalue weighted by atomic mass is 32.1. The summed E-state index contributed by atoms with van der Waals surface area (Å²) in [7, 11) is 0. The molecule has 0 bridgehead atoms. The third-order valence-corrected chi connectivity index (χ3v) is 2.62. The van der Waals surface area contributed by atoms with E-state index in [1.807, 2.05) is 12.4 Å². The Balaban J connectivity index is 2.29. The first-order valence-corrected chi connectivity index (χ1v) is 5.08. The van der Waals surface area contributed by atoms with Crippen LogP contribution in [0.5, 0.6) is 0 Å². The van der Waals surface area contributed by atoms with Crippen molar-refractivity contribution in [2.45, 2.75) is 33.3 Å². The lowest BCUT2D eigenvalue weighted by molar-refractivity contribution is 0.0816. The van der Waals surface area contributed by atoms with Crippen LogP contribution in [-0.2, 0) is 11.2 Å². The Kier molecular flexibility index (Phi) is 3.69. The van der Waals surface area contributed by atoms with Crippen molar-refractivity contribution in [1.29, 1.82) is 0 Å². The molecule has 0 spiro atoms. The average Bonchev–Trinajstić information content (AvgIpc) is 2.36. The fourth-order valence-electron chi connectivity index (χ4n) is 0.953. The summed E-state index contributed by atoms with van der Waals surface area (Å²) in [6.07, 6.45) is 1.33. The van der Waals surface area contributed by atoms with Gasteiger partial charge in [0, 0.05) is 11.3 Å². The zero-order chi connectivity index (χ0) is 8.97. The van der Waals surface area contributed by atoms with Gasteiger partial charge in [0.05, 0.1) is 23.9 Å². The lowest BCUT2D eigenvalue weighted by atomic mass is 10.3. The minimum atomic E-state index is 0.332. The van der Waals surface area contributed by atoms with Gasteiger partial charge in [-0.1, -0.05) is 0 Å². The summed E-state index contributed by atoms with van der Waals surface area (Å²) in [5.41, 5.74) is 3.03. The van der Waals surface area contributed by atoms with Crippen molar-refractivity contribution in [3.63, 3.8) is 0 Å². The van der Waals surface area contributed by atoms with Crippen LogP contribution in [0.2, 0.25) is 0 Å². The number of aryl methyl sites for hydroxylation is 1. The van der Waals surface area contributed by atoms with Gasteiger partial charge in [0.1, 0.15) is 0 Å². The first kappa shape index (κ1) is 9.68. The molecule has 0 N–H and O–H groups in total. The van der Waals surface area contributed by atoms with E-state index in [2.05, 4.69) is 18.8 Å². The van der Waals surface area contributed by atoms with E-state index < -0.39 is 0 Å². The van der Waals surface area contributed by atoms with Crippen LogP contribution < -0.4 is 0 Å². The summed E-state index contributed by atoms with van der Waals surface area (Å²) in [6, 6.07) is 0. The molecule has 0 aliphatic heterocycles. The number of hydrogen-bond acceptors (Lipinski definition) is 3. The van der Waals surface area contributed by atoms with Gasteiger partial charge in [0.15, 0.2) is 0 Å². The summed E-state index contributed by atoms with van der Waals surface area (Å²) in [5.74, 6) is 0. The summed E-state index contributed by atoms with van der Waals surface area (Å²) < 4.78 is 5.45. The molecule has 0 saturated heterocycles. The predicted molar refractivity (Wildman–Crippen MR) is 51.6 cm³/mol. The summed E-state index contributed by atoms with van der Waals surface area (Å²) >= 11 is 1.71. The smallest absolute Gasteiger partial charge is 0.0797 e. The first-order chi connectivity index (χ1) is 5.70. The highest BCUT2D eigenvalue weighted by molar-refractivity contribution is 7.09. The third-order valence-electron chi connectivity index (χ3n) is 1.63. The van der Waals surface area contributed by atoms with E-state index in [1.54, 1.807) is 11.3 Å². The molecule has 1 rings (SSSR count). The van der Waals surface area contributed by atoms with E-state index in [1.165, 1.54) is 4.88 Å². The van der Waals surface area contributed by atoms with Crippen LogP contribution in [0.15, 0.2) is 5.51 Å². The normalized spacial score (nSPS) is 11.0. The van der Waals surface area contributed by atoms with Crippen LogP contribution in [0.1, 0.15) is 24.4 Å². The van der Waals surface area contributed by atoms with Gasteiger partial charge in [-0.3, -0.25) is 0 Å². The minimum absolute atomic E-state index is 0.332. The molecule has 2 nitrogen and oxygen atoms in total. The Morgan fingerprint density at radius 1 is 1.58 bits per heavy atom. The van der Waals surface area contributed by atoms with Gasteiger partial charge < -0.3 is 4.74 Å². The fraction of sp³-hybridized carbons (Fsp3) is 0.667. The first-order valence-electron chi connectivity index (χ1n) is 4.20. The third kappa shape index (κ3) is 2.91. The standard InChI is InChI=1S/C9H15NOS/c1-7(2)11-5-4-9-8(3)10-6-12-9/h6-7H,4-5H2,1-3H3. The molecular formula is C9H15NOS. The lowest BCUT2D eigenvalue weighted by Crippen LogP contribution is -2.05. The van der Waals surface area contributed by atoms with Gasteiger partial charge in [-0.05, 0) is 20.8 Å². The molecule has 0 fully saturated rings. The molecule has 12 heavy (non-hydrogen) atoms. The fourth-order valence-corrected chi connectivity index (χ4v) is 1.72. The topological polar surface area (TPSA) is 22.1 Å². The number of aromatic nitrogens is 1. The van der Waals surface area contributed by atoms with Crippen molar-refractivity contribution in [2.24, 2.45) is 0 Å². The van der Waals surface area contributed by atoms with E-state index in [4.69, 9.17) is 4.74 Å². The van der Waals surface area contributed by atoms with E-state index >= 15 is 0 Å². The van der Waals surface area contributed by atoms with Gasteiger partial charge in [-0.2, -0.15) is 0 Å². The molecule has 0 unspecified atom stereocenters. The Morgan fingerprint density at radius 2 is 2.33 bits per heavy atom. The second-order valence-electron chi connectivity index (χ2n) is 3.03. The Bertz CT molecular complexity index is 232.